The van der Waals surface area contributed by atoms with Gasteiger partial charge in [-0.05, 0) is 26.2 Å². The van der Waals surface area contributed by atoms with Crippen LogP contribution in [0.25, 0.3) is 0 Å². The minimum Gasteiger partial charge on any atom is -0.372 e. The molecule has 14 heavy (non-hydrogen) atoms. The summed E-state index contributed by atoms with van der Waals surface area (Å²) in [5, 5.41) is 0. The van der Waals surface area contributed by atoms with Gasteiger partial charge >= 0.3 is 0 Å². The lowest BCUT2D eigenvalue weighted by Gasteiger charge is -2.25. The first-order valence-electron chi connectivity index (χ1n) is 5.76. The van der Waals surface area contributed by atoms with Crippen LogP contribution in [0.4, 0.5) is 0 Å². The molecule has 0 bridgehead atoms. The number of rotatable bonds is 8. The van der Waals surface area contributed by atoms with Gasteiger partial charge in [0, 0.05) is 0 Å². The molecule has 1 nitrogen and oxygen atoms in total. The first-order valence-corrected chi connectivity index (χ1v) is 5.76. The summed E-state index contributed by atoms with van der Waals surface area (Å²) >= 11 is 0. The molecule has 0 radical (unpaired) electrons. The average molecular weight is 198 g/mol. The molecule has 0 heterocycles. The van der Waals surface area contributed by atoms with Crippen LogP contribution in [-0.2, 0) is 4.74 Å². The van der Waals surface area contributed by atoms with Crippen molar-refractivity contribution >= 4 is 0 Å². The van der Waals surface area contributed by atoms with Crippen LogP contribution in [0.3, 0.4) is 0 Å². The first-order chi connectivity index (χ1) is 6.52. The Hall–Kier alpha value is -0.300. The van der Waals surface area contributed by atoms with Crippen LogP contribution in [0.2, 0.25) is 0 Å². The lowest BCUT2D eigenvalue weighted by molar-refractivity contribution is -0.00948. The summed E-state index contributed by atoms with van der Waals surface area (Å²) in [5.41, 5.74) is 0.0155. The minimum atomic E-state index is 0.0155. The van der Waals surface area contributed by atoms with Gasteiger partial charge in [0.2, 0.25) is 0 Å². The molecule has 0 spiro atoms. The molecule has 0 amide bonds. The zero-order valence-electron chi connectivity index (χ0n) is 10.3. The predicted octanol–water partition coefficient (Wildman–Crippen LogP) is 4.18. The fourth-order valence-electron chi connectivity index (χ4n) is 1.44. The highest BCUT2D eigenvalue weighted by molar-refractivity contribution is 4.73. The molecule has 84 valence electrons. The molecule has 0 N–H and O–H groups in total. The molecule has 1 atom stereocenters. The molecule has 1 heteroatoms. The molecule has 0 aliphatic rings. The van der Waals surface area contributed by atoms with Crippen LogP contribution in [0.1, 0.15) is 53.4 Å². The summed E-state index contributed by atoms with van der Waals surface area (Å²) < 4.78 is 5.68. The second-order valence-corrected chi connectivity index (χ2v) is 4.77. The van der Waals surface area contributed by atoms with Crippen molar-refractivity contribution in [1.29, 1.82) is 0 Å². The molecule has 0 aromatic heterocycles. The van der Waals surface area contributed by atoms with Gasteiger partial charge in [0.05, 0.1) is 12.2 Å². The Morgan fingerprint density at radius 2 is 2.07 bits per heavy atom. The number of hydrogen-bond acceptors (Lipinski definition) is 1. The quantitative estimate of drug-likeness (QED) is 0.531. The fourth-order valence-corrected chi connectivity index (χ4v) is 1.44. The van der Waals surface area contributed by atoms with Gasteiger partial charge in [-0.2, -0.15) is 0 Å². The molecule has 0 aromatic rings. The molecule has 0 fully saturated rings. The SMILES string of the molecule is C=CCOC(C)(C)CCCC(C)CC. The smallest absolute Gasteiger partial charge is 0.0652 e. The summed E-state index contributed by atoms with van der Waals surface area (Å²) in [7, 11) is 0. The van der Waals surface area contributed by atoms with E-state index in [0.29, 0.717) is 6.61 Å². The Kier molecular flexibility index (Phi) is 6.90. The van der Waals surface area contributed by atoms with E-state index in [1.165, 1.54) is 19.3 Å². The molecule has 0 saturated heterocycles. The maximum Gasteiger partial charge on any atom is 0.0652 e. The van der Waals surface area contributed by atoms with Crippen molar-refractivity contribution in [2.45, 2.75) is 59.0 Å². The fraction of sp³-hybridized carbons (Fsp3) is 0.846. The third-order valence-electron chi connectivity index (χ3n) is 2.76. The van der Waals surface area contributed by atoms with Crippen LogP contribution in [0.5, 0.6) is 0 Å². The van der Waals surface area contributed by atoms with Gasteiger partial charge in [0.1, 0.15) is 0 Å². The topological polar surface area (TPSA) is 9.23 Å². The zero-order valence-corrected chi connectivity index (χ0v) is 10.3. The highest BCUT2D eigenvalue weighted by Crippen LogP contribution is 2.20. The van der Waals surface area contributed by atoms with E-state index in [4.69, 9.17) is 4.74 Å². The van der Waals surface area contributed by atoms with E-state index in [0.717, 1.165) is 12.3 Å². The first kappa shape index (κ1) is 13.7. The minimum absolute atomic E-state index is 0.0155. The number of hydrogen-bond donors (Lipinski definition) is 0. The highest BCUT2D eigenvalue weighted by atomic mass is 16.5. The van der Waals surface area contributed by atoms with Gasteiger partial charge in [-0.25, -0.2) is 0 Å². The van der Waals surface area contributed by atoms with E-state index in [1.807, 2.05) is 6.08 Å². The summed E-state index contributed by atoms with van der Waals surface area (Å²) in [4.78, 5) is 0. The van der Waals surface area contributed by atoms with Crippen LogP contribution in [0, 0.1) is 5.92 Å². The van der Waals surface area contributed by atoms with E-state index < -0.39 is 0 Å². The second kappa shape index (κ2) is 7.05. The second-order valence-electron chi connectivity index (χ2n) is 4.77. The van der Waals surface area contributed by atoms with Crippen LogP contribution < -0.4 is 0 Å². The van der Waals surface area contributed by atoms with Crippen molar-refractivity contribution in [3.05, 3.63) is 12.7 Å². The van der Waals surface area contributed by atoms with Crippen molar-refractivity contribution in [3.63, 3.8) is 0 Å². The standard InChI is InChI=1S/C13H26O/c1-6-11-14-13(4,5)10-8-9-12(3)7-2/h6,12H,1,7-11H2,2-5H3. The van der Waals surface area contributed by atoms with E-state index in [1.54, 1.807) is 0 Å². The Morgan fingerprint density at radius 1 is 1.43 bits per heavy atom. The van der Waals surface area contributed by atoms with Gasteiger partial charge < -0.3 is 4.74 Å². The van der Waals surface area contributed by atoms with Gasteiger partial charge in [-0.1, -0.05) is 39.2 Å². The van der Waals surface area contributed by atoms with Crippen molar-refractivity contribution < 1.29 is 4.74 Å². The third-order valence-corrected chi connectivity index (χ3v) is 2.76. The monoisotopic (exact) mass is 198 g/mol. The highest BCUT2D eigenvalue weighted by Gasteiger charge is 2.17. The summed E-state index contributed by atoms with van der Waals surface area (Å²) in [5.74, 6) is 0.852. The molecular weight excluding hydrogens is 172 g/mol. The average Bonchev–Trinajstić information content (AvgIpc) is 2.14. The Morgan fingerprint density at radius 3 is 2.57 bits per heavy atom. The van der Waals surface area contributed by atoms with Crippen molar-refractivity contribution in [2.24, 2.45) is 5.92 Å². The third kappa shape index (κ3) is 7.14. The molecule has 0 aliphatic carbocycles. The maximum absolute atomic E-state index is 5.68. The van der Waals surface area contributed by atoms with Gasteiger partial charge in [-0.15, -0.1) is 6.58 Å². The van der Waals surface area contributed by atoms with Crippen LogP contribution in [-0.4, -0.2) is 12.2 Å². The Balaban J connectivity index is 3.59. The zero-order chi connectivity index (χ0) is 11.0. The maximum atomic E-state index is 5.68. The van der Waals surface area contributed by atoms with E-state index in [9.17, 15) is 0 Å². The summed E-state index contributed by atoms with van der Waals surface area (Å²) in [6, 6.07) is 0. The molecule has 0 rings (SSSR count). The lowest BCUT2D eigenvalue weighted by atomic mass is 9.95. The Labute approximate surface area is 89.5 Å². The Bertz CT molecular complexity index is 149. The largest absolute Gasteiger partial charge is 0.372 e. The van der Waals surface area contributed by atoms with Crippen molar-refractivity contribution in [3.8, 4) is 0 Å². The molecule has 0 saturated carbocycles. The van der Waals surface area contributed by atoms with Crippen molar-refractivity contribution in [1.82, 2.24) is 0 Å². The lowest BCUT2D eigenvalue weighted by Crippen LogP contribution is -2.24. The normalized spacial score (nSPS) is 14.0. The predicted molar refractivity (Wildman–Crippen MR) is 63.5 cm³/mol. The van der Waals surface area contributed by atoms with E-state index in [-0.39, 0.29) is 5.60 Å². The van der Waals surface area contributed by atoms with E-state index in [2.05, 4.69) is 34.3 Å². The van der Waals surface area contributed by atoms with Gasteiger partial charge in [-0.3, -0.25) is 0 Å². The summed E-state index contributed by atoms with van der Waals surface area (Å²) in [6.45, 7) is 13.2. The van der Waals surface area contributed by atoms with Crippen LogP contribution in [0.15, 0.2) is 12.7 Å². The molecule has 1 unspecified atom stereocenters. The van der Waals surface area contributed by atoms with Crippen LogP contribution >= 0.6 is 0 Å². The van der Waals surface area contributed by atoms with Gasteiger partial charge in [0.15, 0.2) is 0 Å². The summed E-state index contributed by atoms with van der Waals surface area (Å²) in [6.07, 6.45) is 6.83. The molecule has 0 aliphatic heterocycles. The molecule has 0 aromatic carbocycles. The van der Waals surface area contributed by atoms with Gasteiger partial charge in [0.25, 0.3) is 0 Å². The number of ether oxygens (including phenoxy) is 1. The van der Waals surface area contributed by atoms with Crippen molar-refractivity contribution in [2.75, 3.05) is 6.61 Å². The van der Waals surface area contributed by atoms with E-state index >= 15 is 0 Å². The molecular formula is C13H26O.